The monoisotopic (exact) mass is 274 g/mol. The first-order valence-corrected chi connectivity index (χ1v) is 6.49. The second-order valence-corrected chi connectivity index (χ2v) is 4.70. The van der Waals surface area contributed by atoms with Gasteiger partial charge in [-0.25, -0.2) is 0 Å². The Morgan fingerprint density at radius 1 is 0.905 bits per heavy atom. The zero-order chi connectivity index (χ0) is 15.2. The third kappa shape index (κ3) is 3.72. The fourth-order valence-corrected chi connectivity index (χ4v) is 1.80. The SMILES string of the molecule is Cc1ccc(Oc2ccc(C=C(C#N)C#N)cc2)cc1C. The molecule has 2 aromatic rings. The highest BCUT2D eigenvalue weighted by Gasteiger charge is 2.00. The van der Waals surface area contributed by atoms with Gasteiger partial charge in [0.1, 0.15) is 29.2 Å². The minimum Gasteiger partial charge on any atom is -0.457 e. The van der Waals surface area contributed by atoms with Crippen molar-refractivity contribution in [2.75, 3.05) is 0 Å². The Labute approximate surface area is 124 Å². The van der Waals surface area contributed by atoms with E-state index in [1.165, 1.54) is 11.1 Å². The first-order valence-electron chi connectivity index (χ1n) is 6.49. The fraction of sp³-hybridized carbons (Fsp3) is 0.111. The molecule has 3 nitrogen and oxygen atoms in total. The van der Waals surface area contributed by atoms with Crippen LogP contribution < -0.4 is 4.74 Å². The summed E-state index contributed by atoms with van der Waals surface area (Å²) in [6, 6.07) is 16.9. The molecule has 0 aliphatic rings. The Balaban J connectivity index is 2.16. The minimum atomic E-state index is 0.0813. The predicted molar refractivity (Wildman–Crippen MR) is 81.6 cm³/mol. The molecule has 0 saturated carbocycles. The van der Waals surface area contributed by atoms with Crippen molar-refractivity contribution in [1.82, 2.24) is 0 Å². The molecule has 0 aromatic heterocycles. The lowest BCUT2D eigenvalue weighted by molar-refractivity contribution is 0.482. The lowest BCUT2D eigenvalue weighted by atomic mass is 10.1. The van der Waals surface area contributed by atoms with Crippen LogP contribution in [-0.4, -0.2) is 0 Å². The topological polar surface area (TPSA) is 56.8 Å². The van der Waals surface area contributed by atoms with Gasteiger partial charge in [0, 0.05) is 0 Å². The van der Waals surface area contributed by atoms with E-state index in [4.69, 9.17) is 15.3 Å². The van der Waals surface area contributed by atoms with E-state index in [-0.39, 0.29) is 5.57 Å². The van der Waals surface area contributed by atoms with Crippen LogP contribution in [-0.2, 0) is 0 Å². The van der Waals surface area contributed by atoms with Crippen LogP contribution in [0.25, 0.3) is 6.08 Å². The Kier molecular flexibility index (Phi) is 4.39. The van der Waals surface area contributed by atoms with Gasteiger partial charge in [-0.1, -0.05) is 18.2 Å². The minimum absolute atomic E-state index is 0.0813. The lowest BCUT2D eigenvalue weighted by Crippen LogP contribution is -1.87. The van der Waals surface area contributed by atoms with E-state index in [9.17, 15) is 0 Å². The van der Waals surface area contributed by atoms with Gasteiger partial charge in [0.15, 0.2) is 0 Å². The van der Waals surface area contributed by atoms with Gasteiger partial charge in [-0.15, -0.1) is 0 Å². The summed E-state index contributed by atoms with van der Waals surface area (Å²) in [5, 5.41) is 17.4. The van der Waals surface area contributed by atoms with E-state index in [1.54, 1.807) is 6.08 Å². The van der Waals surface area contributed by atoms with Gasteiger partial charge in [0.2, 0.25) is 0 Å². The van der Waals surface area contributed by atoms with Crippen molar-refractivity contribution in [1.29, 1.82) is 10.5 Å². The zero-order valence-corrected chi connectivity index (χ0v) is 11.9. The summed E-state index contributed by atoms with van der Waals surface area (Å²) in [6.45, 7) is 4.10. The molecule has 0 fully saturated rings. The molecule has 0 unspecified atom stereocenters. The first-order chi connectivity index (χ1) is 10.1. The number of nitriles is 2. The van der Waals surface area contributed by atoms with Crippen LogP contribution in [0.5, 0.6) is 11.5 Å². The lowest BCUT2D eigenvalue weighted by Gasteiger charge is -2.08. The van der Waals surface area contributed by atoms with E-state index in [0.29, 0.717) is 5.75 Å². The molecule has 0 aliphatic carbocycles. The summed E-state index contributed by atoms with van der Waals surface area (Å²) in [7, 11) is 0. The standard InChI is InChI=1S/C18H14N2O/c1-13-3-6-18(9-14(13)2)21-17-7-4-15(5-8-17)10-16(11-19)12-20/h3-10H,1-2H3. The van der Waals surface area contributed by atoms with E-state index in [1.807, 2.05) is 61.5 Å². The fourth-order valence-electron chi connectivity index (χ4n) is 1.80. The number of rotatable bonds is 3. The van der Waals surface area contributed by atoms with Gasteiger partial charge < -0.3 is 4.74 Å². The summed E-state index contributed by atoms with van der Waals surface area (Å²) in [6.07, 6.45) is 1.54. The smallest absolute Gasteiger partial charge is 0.130 e. The number of ether oxygens (including phenoxy) is 1. The molecule has 21 heavy (non-hydrogen) atoms. The predicted octanol–water partition coefficient (Wildman–Crippen LogP) is 4.53. The number of hydrogen-bond donors (Lipinski definition) is 0. The summed E-state index contributed by atoms with van der Waals surface area (Å²) in [5.74, 6) is 1.50. The third-order valence-corrected chi connectivity index (χ3v) is 3.15. The van der Waals surface area contributed by atoms with E-state index < -0.39 is 0 Å². The van der Waals surface area contributed by atoms with E-state index in [2.05, 4.69) is 6.92 Å². The Hall–Kier alpha value is -3.04. The number of nitrogens with zero attached hydrogens (tertiary/aromatic N) is 2. The zero-order valence-electron chi connectivity index (χ0n) is 11.9. The number of aryl methyl sites for hydroxylation is 2. The van der Waals surface area contributed by atoms with Gasteiger partial charge in [-0.3, -0.25) is 0 Å². The Morgan fingerprint density at radius 2 is 1.52 bits per heavy atom. The molecular formula is C18H14N2O. The van der Waals surface area contributed by atoms with Crippen LogP contribution >= 0.6 is 0 Å². The summed E-state index contributed by atoms with van der Waals surface area (Å²) in [5.41, 5.74) is 3.28. The van der Waals surface area contributed by atoms with Crippen LogP contribution in [0.2, 0.25) is 0 Å². The average molecular weight is 274 g/mol. The first kappa shape index (κ1) is 14.4. The molecular weight excluding hydrogens is 260 g/mol. The molecule has 0 saturated heterocycles. The van der Waals surface area contributed by atoms with Crippen molar-refractivity contribution < 1.29 is 4.74 Å². The second kappa shape index (κ2) is 6.41. The van der Waals surface area contributed by atoms with Crippen LogP contribution in [0.4, 0.5) is 0 Å². The third-order valence-electron chi connectivity index (χ3n) is 3.15. The van der Waals surface area contributed by atoms with Gasteiger partial charge >= 0.3 is 0 Å². The number of hydrogen-bond acceptors (Lipinski definition) is 3. The molecule has 2 aromatic carbocycles. The quantitative estimate of drug-likeness (QED) is 0.773. The molecule has 0 radical (unpaired) electrons. The van der Waals surface area contributed by atoms with Crippen molar-refractivity contribution in [3.63, 3.8) is 0 Å². The molecule has 0 amide bonds. The van der Waals surface area contributed by atoms with Crippen molar-refractivity contribution in [2.24, 2.45) is 0 Å². The highest BCUT2D eigenvalue weighted by Crippen LogP contribution is 2.24. The van der Waals surface area contributed by atoms with Crippen molar-refractivity contribution in [3.8, 4) is 23.6 Å². The molecule has 3 heteroatoms. The molecule has 102 valence electrons. The van der Waals surface area contributed by atoms with Gasteiger partial charge in [-0.05, 0) is 60.9 Å². The van der Waals surface area contributed by atoms with Crippen LogP contribution in [0.3, 0.4) is 0 Å². The van der Waals surface area contributed by atoms with Crippen molar-refractivity contribution in [3.05, 3.63) is 64.7 Å². The Bertz CT molecular complexity index is 743. The molecule has 0 N–H and O–H groups in total. The molecule has 0 heterocycles. The Morgan fingerprint density at radius 3 is 2.10 bits per heavy atom. The molecule has 0 spiro atoms. The number of allylic oxidation sites excluding steroid dienone is 1. The average Bonchev–Trinajstić information content (AvgIpc) is 2.50. The van der Waals surface area contributed by atoms with Gasteiger partial charge in [0.05, 0.1) is 0 Å². The summed E-state index contributed by atoms with van der Waals surface area (Å²) in [4.78, 5) is 0. The maximum absolute atomic E-state index is 8.72. The maximum atomic E-state index is 8.72. The largest absolute Gasteiger partial charge is 0.457 e. The summed E-state index contributed by atoms with van der Waals surface area (Å²) >= 11 is 0. The second-order valence-electron chi connectivity index (χ2n) is 4.70. The molecule has 2 rings (SSSR count). The highest BCUT2D eigenvalue weighted by molar-refractivity contribution is 5.62. The molecule has 0 bridgehead atoms. The maximum Gasteiger partial charge on any atom is 0.130 e. The normalized spacial score (nSPS) is 9.33. The van der Waals surface area contributed by atoms with Gasteiger partial charge in [0.25, 0.3) is 0 Å². The van der Waals surface area contributed by atoms with Crippen molar-refractivity contribution in [2.45, 2.75) is 13.8 Å². The van der Waals surface area contributed by atoms with Gasteiger partial charge in [-0.2, -0.15) is 10.5 Å². The van der Waals surface area contributed by atoms with E-state index >= 15 is 0 Å². The van der Waals surface area contributed by atoms with Crippen LogP contribution in [0, 0.1) is 36.5 Å². The van der Waals surface area contributed by atoms with Crippen molar-refractivity contribution >= 4 is 6.08 Å². The number of benzene rings is 2. The van der Waals surface area contributed by atoms with E-state index in [0.717, 1.165) is 11.3 Å². The molecule has 0 atom stereocenters. The van der Waals surface area contributed by atoms with Crippen LogP contribution in [0.1, 0.15) is 16.7 Å². The summed E-state index contributed by atoms with van der Waals surface area (Å²) < 4.78 is 5.78. The molecule has 0 aliphatic heterocycles. The highest BCUT2D eigenvalue weighted by atomic mass is 16.5. The van der Waals surface area contributed by atoms with Crippen LogP contribution in [0.15, 0.2) is 48.0 Å².